The fraction of sp³-hybridized carbons (Fsp3) is 0.500. The molecule has 1 aromatic carbocycles. The molecule has 1 aromatic rings. The van der Waals surface area contributed by atoms with E-state index in [1.54, 1.807) is 0 Å². The zero-order valence-electron chi connectivity index (χ0n) is 9.59. The molecule has 0 amide bonds. The Morgan fingerprint density at radius 2 is 1.79 bits per heavy atom. The summed E-state index contributed by atoms with van der Waals surface area (Å²) < 4.78 is 0. The summed E-state index contributed by atoms with van der Waals surface area (Å²) in [6.07, 6.45) is 6.24. The van der Waals surface area contributed by atoms with Crippen molar-refractivity contribution >= 4 is 0 Å². The summed E-state index contributed by atoms with van der Waals surface area (Å²) in [6, 6.07) is 10.7. The predicted octanol–water partition coefficient (Wildman–Crippen LogP) is 4.36. The topological polar surface area (TPSA) is 0 Å². The summed E-state index contributed by atoms with van der Waals surface area (Å²) >= 11 is 0. The minimum atomic E-state index is 0.219. The van der Waals surface area contributed by atoms with E-state index in [0.29, 0.717) is 0 Å². The number of hydrogen-bond acceptors (Lipinski definition) is 0. The van der Waals surface area contributed by atoms with Crippen LogP contribution >= 0.6 is 0 Å². The SMILES string of the molecule is CCCC[CH]C(C)(C)c1ccccc1. The van der Waals surface area contributed by atoms with Crippen molar-refractivity contribution in [2.75, 3.05) is 0 Å². The number of hydrogen-bond donors (Lipinski definition) is 0. The van der Waals surface area contributed by atoms with Gasteiger partial charge in [0.1, 0.15) is 0 Å². The number of benzene rings is 1. The van der Waals surface area contributed by atoms with E-state index in [1.807, 2.05) is 0 Å². The van der Waals surface area contributed by atoms with E-state index in [0.717, 1.165) is 0 Å². The standard InChI is InChI=1S/C14H21/c1-4-5-9-12-14(2,3)13-10-7-6-8-11-13/h6-8,10-12H,4-5,9H2,1-3H3. The van der Waals surface area contributed by atoms with E-state index in [4.69, 9.17) is 0 Å². The molecule has 0 aliphatic heterocycles. The lowest BCUT2D eigenvalue weighted by Gasteiger charge is -2.24. The molecule has 0 aliphatic carbocycles. The molecule has 0 saturated heterocycles. The van der Waals surface area contributed by atoms with E-state index in [1.165, 1.54) is 24.8 Å². The summed E-state index contributed by atoms with van der Waals surface area (Å²) in [4.78, 5) is 0. The van der Waals surface area contributed by atoms with Crippen LogP contribution in [-0.2, 0) is 5.41 Å². The first-order chi connectivity index (χ1) is 6.67. The molecular formula is C14H21. The largest absolute Gasteiger partial charge is 0.0654 e. The Bertz CT molecular complexity index is 246. The minimum Gasteiger partial charge on any atom is -0.0654 e. The molecule has 0 N–H and O–H groups in total. The van der Waals surface area contributed by atoms with Crippen LogP contribution in [0, 0.1) is 6.42 Å². The lowest BCUT2D eigenvalue weighted by atomic mass is 9.80. The van der Waals surface area contributed by atoms with Crippen molar-refractivity contribution in [1.82, 2.24) is 0 Å². The van der Waals surface area contributed by atoms with Gasteiger partial charge in [-0.2, -0.15) is 0 Å². The monoisotopic (exact) mass is 189 g/mol. The quantitative estimate of drug-likeness (QED) is 0.604. The fourth-order valence-electron chi connectivity index (χ4n) is 1.65. The zero-order valence-corrected chi connectivity index (χ0v) is 9.59. The predicted molar refractivity (Wildman–Crippen MR) is 63.3 cm³/mol. The van der Waals surface area contributed by atoms with Crippen molar-refractivity contribution in [1.29, 1.82) is 0 Å². The maximum Gasteiger partial charge on any atom is -0.00724 e. The summed E-state index contributed by atoms with van der Waals surface area (Å²) in [5, 5.41) is 0. The van der Waals surface area contributed by atoms with Gasteiger partial charge in [-0.1, -0.05) is 63.9 Å². The van der Waals surface area contributed by atoms with Crippen molar-refractivity contribution in [3.8, 4) is 0 Å². The highest BCUT2D eigenvalue weighted by atomic mass is 14.2. The second-order valence-corrected chi connectivity index (χ2v) is 4.43. The summed E-state index contributed by atoms with van der Waals surface area (Å²) in [5.74, 6) is 0. The van der Waals surface area contributed by atoms with Gasteiger partial charge >= 0.3 is 0 Å². The van der Waals surface area contributed by atoms with Crippen LogP contribution in [0.4, 0.5) is 0 Å². The normalized spacial score (nSPS) is 11.6. The Morgan fingerprint density at radius 1 is 1.14 bits per heavy atom. The first kappa shape index (κ1) is 11.3. The van der Waals surface area contributed by atoms with Crippen LogP contribution in [0.15, 0.2) is 30.3 Å². The van der Waals surface area contributed by atoms with Crippen molar-refractivity contribution in [2.24, 2.45) is 0 Å². The summed E-state index contributed by atoms with van der Waals surface area (Å²) in [5.41, 5.74) is 1.63. The molecule has 0 heteroatoms. The van der Waals surface area contributed by atoms with Crippen LogP contribution < -0.4 is 0 Å². The molecule has 0 aliphatic rings. The van der Waals surface area contributed by atoms with Crippen LogP contribution in [0.2, 0.25) is 0 Å². The van der Waals surface area contributed by atoms with Gasteiger partial charge < -0.3 is 0 Å². The summed E-state index contributed by atoms with van der Waals surface area (Å²) in [6.45, 7) is 6.82. The van der Waals surface area contributed by atoms with Crippen LogP contribution in [-0.4, -0.2) is 0 Å². The molecule has 77 valence electrons. The molecule has 0 spiro atoms. The van der Waals surface area contributed by atoms with Gasteiger partial charge in [0, 0.05) is 0 Å². The molecule has 0 atom stereocenters. The average molecular weight is 189 g/mol. The Labute approximate surface area is 88.4 Å². The average Bonchev–Trinajstić information content (AvgIpc) is 2.19. The van der Waals surface area contributed by atoms with Gasteiger partial charge in [0.25, 0.3) is 0 Å². The first-order valence-corrected chi connectivity index (χ1v) is 5.56. The smallest absolute Gasteiger partial charge is 0.00724 e. The lowest BCUT2D eigenvalue weighted by molar-refractivity contribution is 0.569. The van der Waals surface area contributed by atoms with Gasteiger partial charge in [0.15, 0.2) is 0 Å². The zero-order chi connectivity index (χ0) is 10.4. The fourth-order valence-corrected chi connectivity index (χ4v) is 1.65. The van der Waals surface area contributed by atoms with Crippen molar-refractivity contribution in [3.05, 3.63) is 42.3 Å². The number of rotatable bonds is 5. The van der Waals surface area contributed by atoms with E-state index >= 15 is 0 Å². The maximum absolute atomic E-state index is 2.44. The summed E-state index contributed by atoms with van der Waals surface area (Å²) in [7, 11) is 0. The van der Waals surface area contributed by atoms with Crippen LogP contribution in [0.5, 0.6) is 0 Å². The van der Waals surface area contributed by atoms with E-state index in [9.17, 15) is 0 Å². The Kier molecular flexibility index (Phi) is 4.19. The molecule has 0 saturated carbocycles. The molecule has 0 heterocycles. The van der Waals surface area contributed by atoms with Crippen LogP contribution in [0.3, 0.4) is 0 Å². The second kappa shape index (κ2) is 5.19. The number of unbranched alkanes of at least 4 members (excludes halogenated alkanes) is 2. The van der Waals surface area contributed by atoms with E-state index < -0.39 is 0 Å². The van der Waals surface area contributed by atoms with Crippen molar-refractivity contribution in [3.63, 3.8) is 0 Å². The van der Waals surface area contributed by atoms with E-state index in [2.05, 4.69) is 57.5 Å². The van der Waals surface area contributed by atoms with E-state index in [-0.39, 0.29) is 5.41 Å². The highest BCUT2D eigenvalue weighted by Gasteiger charge is 2.19. The molecule has 14 heavy (non-hydrogen) atoms. The van der Waals surface area contributed by atoms with Gasteiger partial charge in [-0.3, -0.25) is 0 Å². The van der Waals surface area contributed by atoms with Gasteiger partial charge in [0.2, 0.25) is 0 Å². The third kappa shape index (κ3) is 3.17. The molecule has 0 unspecified atom stereocenters. The maximum atomic E-state index is 2.44. The Balaban J connectivity index is 2.56. The lowest BCUT2D eigenvalue weighted by Crippen LogP contribution is -2.17. The molecule has 0 bridgehead atoms. The molecule has 0 nitrogen and oxygen atoms in total. The molecule has 0 fully saturated rings. The third-order valence-corrected chi connectivity index (χ3v) is 2.73. The third-order valence-electron chi connectivity index (χ3n) is 2.73. The van der Waals surface area contributed by atoms with Crippen LogP contribution in [0.1, 0.15) is 45.6 Å². The molecular weight excluding hydrogens is 168 g/mol. The van der Waals surface area contributed by atoms with Gasteiger partial charge in [-0.05, 0) is 23.8 Å². The molecule has 1 radical (unpaired) electrons. The van der Waals surface area contributed by atoms with Crippen molar-refractivity contribution in [2.45, 2.75) is 45.4 Å². The first-order valence-electron chi connectivity index (χ1n) is 5.56. The highest BCUT2D eigenvalue weighted by Crippen LogP contribution is 2.27. The minimum absolute atomic E-state index is 0.219. The highest BCUT2D eigenvalue weighted by molar-refractivity contribution is 5.26. The Morgan fingerprint density at radius 3 is 2.36 bits per heavy atom. The second-order valence-electron chi connectivity index (χ2n) is 4.43. The molecule has 0 aromatic heterocycles. The van der Waals surface area contributed by atoms with Gasteiger partial charge in [0.05, 0.1) is 0 Å². The van der Waals surface area contributed by atoms with Gasteiger partial charge in [-0.25, -0.2) is 0 Å². The van der Waals surface area contributed by atoms with Gasteiger partial charge in [-0.15, -0.1) is 0 Å². The van der Waals surface area contributed by atoms with Crippen LogP contribution in [0.25, 0.3) is 0 Å². The molecule has 1 rings (SSSR count). The Hall–Kier alpha value is -0.780. The van der Waals surface area contributed by atoms with Crippen molar-refractivity contribution < 1.29 is 0 Å².